The molecular weight excluding hydrogens is 352 g/mol. The zero-order chi connectivity index (χ0) is 19.5. The quantitative estimate of drug-likeness (QED) is 0.724. The van der Waals surface area contributed by atoms with Crippen LogP contribution in [0.1, 0.15) is 39.5 Å². The summed E-state index contributed by atoms with van der Waals surface area (Å²) in [6, 6.07) is 20.1. The molecule has 0 heterocycles. The molecule has 0 spiro atoms. The predicted molar refractivity (Wildman–Crippen MR) is 112 cm³/mol. The number of aliphatic hydroxyl groups is 1. The number of rotatable bonds is 7. The number of hydrogen-bond acceptors (Lipinski definition) is 3. The Hall–Kier alpha value is -1.75. The molecule has 1 saturated carbocycles. The van der Waals surface area contributed by atoms with E-state index >= 15 is 0 Å². The maximum absolute atomic E-state index is 12.2. The molecule has 0 amide bonds. The molecule has 144 valence electrons. The Bertz CT molecular complexity index is 718. The number of hydrogen-bond donors (Lipinski definition) is 2. The molecular formula is C23H30O3Si. The molecule has 1 fully saturated rings. The van der Waals surface area contributed by atoms with Gasteiger partial charge in [0.15, 0.2) is 0 Å². The number of benzene rings is 2. The number of carbonyl (C=O) groups excluding carboxylic acids is 1. The lowest BCUT2D eigenvalue weighted by Gasteiger charge is -2.42. The van der Waals surface area contributed by atoms with Crippen molar-refractivity contribution in [3.8, 4) is 0 Å². The highest BCUT2D eigenvalue weighted by Gasteiger charge is 2.50. The van der Waals surface area contributed by atoms with Crippen LogP contribution in [-0.2, 0) is 4.79 Å². The van der Waals surface area contributed by atoms with Crippen LogP contribution in [0.4, 0.5) is 0 Å². The van der Waals surface area contributed by atoms with Gasteiger partial charge in [0, 0.05) is 19.4 Å². The summed E-state index contributed by atoms with van der Waals surface area (Å²) in [7, 11) is -3.00. The minimum atomic E-state index is -3.00. The van der Waals surface area contributed by atoms with Crippen molar-refractivity contribution in [2.75, 3.05) is 6.61 Å². The Morgan fingerprint density at radius 1 is 0.926 bits per heavy atom. The summed E-state index contributed by atoms with van der Waals surface area (Å²) in [6.45, 7) is 4.39. The van der Waals surface area contributed by atoms with Gasteiger partial charge in [0.05, 0.1) is 0 Å². The lowest BCUT2D eigenvalue weighted by atomic mass is 9.89. The van der Waals surface area contributed by atoms with Crippen LogP contribution in [0, 0.1) is 11.8 Å². The maximum Gasteiger partial charge on any atom is 0.258 e. The normalized spacial score (nSPS) is 20.8. The van der Waals surface area contributed by atoms with Crippen LogP contribution >= 0.6 is 0 Å². The van der Waals surface area contributed by atoms with Crippen LogP contribution in [0.25, 0.3) is 0 Å². The van der Waals surface area contributed by atoms with Crippen molar-refractivity contribution in [3.05, 3.63) is 60.7 Å². The minimum absolute atomic E-state index is 0.0793. The van der Waals surface area contributed by atoms with E-state index in [4.69, 9.17) is 0 Å². The molecule has 0 bridgehead atoms. The van der Waals surface area contributed by atoms with Gasteiger partial charge in [0.25, 0.3) is 8.32 Å². The molecule has 0 radical (unpaired) electrons. The molecule has 1 aliphatic carbocycles. The first-order valence-electron chi connectivity index (χ1n) is 9.84. The molecule has 0 saturated heterocycles. The molecule has 2 atom stereocenters. The summed E-state index contributed by atoms with van der Waals surface area (Å²) < 4.78 is 0. The van der Waals surface area contributed by atoms with Crippen molar-refractivity contribution >= 4 is 24.5 Å². The first kappa shape index (κ1) is 20.0. The van der Waals surface area contributed by atoms with Crippen LogP contribution in [-0.4, -0.2) is 30.6 Å². The van der Waals surface area contributed by atoms with Gasteiger partial charge >= 0.3 is 0 Å². The van der Waals surface area contributed by atoms with Gasteiger partial charge in [-0.15, -0.1) is 0 Å². The molecule has 0 aromatic heterocycles. The van der Waals surface area contributed by atoms with E-state index in [1.165, 1.54) is 0 Å². The topological polar surface area (TPSA) is 57.5 Å². The first-order chi connectivity index (χ1) is 12.9. The first-order valence-corrected chi connectivity index (χ1v) is 11.8. The summed E-state index contributed by atoms with van der Waals surface area (Å²) in [5.74, 6) is 0.568. The number of ketones is 1. The van der Waals surface area contributed by atoms with Gasteiger partial charge in [-0.25, -0.2) is 0 Å². The van der Waals surface area contributed by atoms with Gasteiger partial charge in [-0.3, -0.25) is 4.79 Å². The van der Waals surface area contributed by atoms with Crippen molar-refractivity contribution < 1.29 is 14.7 Å². The minimum Gasteiger partial charge on any atom is -0.424 e. The Morgan fingerprint density at radius 3 is 1.89 bits per heavy atom. The fourth-order valence-corrected chi connectivity index (χ4v) is 8.34. The van der Waals surface area contributed by atoms with Crippen molar-refractivity contribution in [1.82, 2.24) is 0 Å². The molecule has 3 nitrogen and oxygen atoms in total. The van der Waals surface area contributed by atoms with Crippen molar-refractivity contribution in [3.63, 3.8) is 0 Å². The highest BCUT2D eigenvalue weighted by atomic mass is 28.4. The zero-order valence-corrected chi connectivity index (χ0v) is 17.3. The average molecular weight is 383 g/mol. The molecule has 2 N–H and O–H groups in total. The van der Waals surface area contributed by atoms with E-state index in [1.54, 1.807) is 0 Å². The largest absolute Gasteiger partial charge is 0.424 e. The summed E-state index contributed by atoms with van der Waals surface area (Å²) in [5.41, 5.74) is 0. The Labute approximate surface area is 163 Å². The number of aliphatic hydroxyl groups excluding tert-OH is 1. The zero-order valence-electron chi connectivity index (χ0n) is 16.3. The predicted octanol–water partition coefficient (Wildman–Crippen LogP) is 2.89. The SMILES string of the molecule is CC(C)(CC[C@@H]1CC(=O)C[C@@H]1CO)[Si](O)(c1ccccc1)c1ccccc1. The highest BCUT2D eigenvalue weighted by Crippen LogP contribution is 2.43. The Kier molecular flexibility index (Phi) is 5.99. The third-order valence-electron chi connectivity index (χ3n) is 6.38. The monoisotopic (exact) mass is 382 g/mol. The molecule has 4 heteroatoms. The molecule has 0 aliphatic heterocycles. The molecule has 3 rings (SSSR count). The summed E-state index contributed by atoms with van der Waals surface area (Å²) >= 11 is 0. The lowest BCUT2D eigenvalue weighted by Crippen LogP contribution is -2.65. The average Bonchev–Trinajstić information content (AvgIpc) is 3.07. The lowest BCUT2D eigenvalue weighted by molar-refractivity contribution is -0.117. The van der Waals surface area contributed by atoms with E-state index in [0.717, 1.165) is 23.2 Å². The van der Waals surface area contributed by atoms with Crippen LogP contribution in [0.2, 0.25) is 5.04 Å². The summed E-state index contributed by atoms with van der Waals surface area (Å²) in [4.78, 5) is 24.0. The third kappa shape index (κ3) is 3.93. The van der Waals surface area contributed by atoms with Gasteiger partial charge in [-0.2, -0.15) is 0 Å². The standard InChI is InChI=1S/C23H30O3Si/c1-23(2,14-13-18-15-20(25)16-19(18)17-24)27(26,21-9-5-3-6-10-21)22-11-7-4-8-12-22/h3-12,18-19,24,26H,13-17H2,1-2H3/t18-,19-/m1/s1. The van der Waals surface area contributed by atoms with Crippen LogP contribution in [0.5, 0.6) is 0 Å². The molecule has 2 aromatic carbocycles. The molecule has 2 aromatic rings. The van der Waals surface area contributed by atoms with E-state index in [2.05, 4.69) is 13.8 Å². The summed E-state index contributed by atoms with van der Waals surface area (Å²) in [5, 5.41) is 11.3. The maximum atomic E-state index is 12.2. The highest BCUT2D eigenvalue weighted by molar-refractivity contribution is 6.98. The van der Waals surface area contributed by atoms with Gasteiger partial charge in [-0.05, 0) is 40.1 Å². The van der Waals surface area contributed by atoms with E-state index < -0.39 is 8.32 Å². The van der Waals surface area contributed by atoms with Gasteiger partial charge < -0.3 is 9.90 Å². The Morgan fingerprint density at radius 2 is 1.41 bits per heavy atom. The second-order valence-corrected chi connectivity index (χ2v) is 12.4. The molecule has 27 heavy (non-hydrogen) atoms. The van der Waals surface area contributed by atoms with Crippen molar-refractivity contribution in [1.29, 1.82) is 0 Å². The fraction of sp³-hybridized carbons (Fsp3) is 0.435. The van der Waals surface area contributed by atoms with E-state index in [-0.39, 0.29) is 29.3 Å². The van der Waals surface area contributed by atoms with Gasteiger partial charge in [-0.1, -0.05) is 74.5 Å². The molecule has 1 aliphatic rings. The van der Waals surface area contributed by atoms with Crippen LogP contribution in [0.15, 0.2) is 60.7 Å². The third-order valence-corrected chi connectivity index (χ3v) is 10.9. The van der Waals surface area contributed by atoms with E-state index in [1.807, 2.05) is 60.7 Å². The van der Waals surface area contributed by atoms with Crippen LogP contribution in [0.3, 0.4) is 0 Å². The van der Waals surface area contributed by atoms with Gasteiger partial charge in [0.1, 0.15) is 5.78 Å². The second-order valence-electron chi connectivity index (χ2n) is 8.51. The molecule has 0 unspecified atom stereocenters. The fourth-order valence-electron chi connectivity index (χ4n) is 4.59. The number of Topliss-reactive ketones (excluding diaryl/α,β-unsaturated/α-hetero) is 1. The van der Waals surface area contributed by atoms with E-state index in [0.29, 0.717) is 12.8 Å². The Balaban J connectivity index is 1.90. The van der Waals surface area contributed by atoms with Crippen molar-refractivity contribution in [2.45, 2.75) is 44.6 Å². The smallest absolute Gasteiger partial charge is 0.258 e. The van der Waals surface area contributed by atoms with E-state index in [9.17, 15) is 14.7 Å². The number of carbonyl (C=O) groups is 1. The summed E-state index contributed by atoms with van der Waals surface area (Å²) in [6.07, 6.45) is 2.76. The van der Waals surface area contributed by atoms with Gasteiger partial charge in [0.2, 0.25) is 0 Å². The van der Waals surface area contributed by atoms with Crippen molar-refractivity contribution in [2.24, 2.45) is 11.8 Å². The van der Waals surface area contributed by atoms with Crippen LogP contribution < -0.4 is 10.4 Å². The second kappa shape index (κ2) is 8.09.